The summed E-state index contributed by atoms with van der Waals surface area (Å²) in [6.07, 6.45) is 0. The number of hydrogen-bond donors (Lipinski definition) is 1. The van der Waals surface area contributed by atoms with E-state index < -0.39 is 35.7 Å². The minimum absolute atomic E-state index is 0.286. The molecule has 0 aliphatic heterocycles. The first kappa shape index (κ1) is 15.6. The third-order valence-corrected chi connectivity index (χ3v) is 3.35. The Morgan fingerprint density at radius 2 is 2.09 bits per heavy atom. The summed E-state index contributed by atoms with van der Waals surface area (Å²) in [5.41, 5.74) is -0.183. The molecule has 2 aromatic rings. The van der Waals surface area contributed by atoms with Crippen LogP contribution in [0.5, 0.6) is 0 Å². The number of benzene rings is 1. The van der Waals surface area contributed by atoms with Crippen LogP contribution in [0, 0.1) is 23.0 Å². The van der Waals surface area contributed by atoms with Crippen molar-refractivity contribution >= 4 is 28.2 Å². The van der Waals surface area contributed by atoms with E-state index in [0.29, 0.717) is 11.1 Å². The van der Waals surface area contributed by atoms with E-state index >= 15 is 0 Å². The number of carbonyl (C=O) groups excluding carboxylic acids is 2. The molecule has 0 saturated carbocycles. The Bertz CT molecular complexity index is 768. The molecule has 1 amide bonds. The van der Waals surface area contributed by atoms with Crippen LogP contribution in [0.15, 0.2) is 29.6 Å². The van der Waals surface area contributed by atoms with E-state index in [1.165, 1.54) is 6.07 Å². The van der Waals surface area contributed by atoms with Gasteiger partial charge in [-0.05, 0) is 23.6 Å². The van der Waals surface area contributed by atoms with Crippen molar-refractivity contribution in [2.75, 3.05) is 11.9 Å². The molecular weight excluding hydrogens is 314 g/mol. The van der Waals surface area contributed by atoms with Crippen molar-refractivity contribution in [3.8, 4) is 6.07 Å². The number of nitrogens with one attached hydrogen (secondary N) is 1. The van der Waals surface area contributed by atoms with Crippen LogP contribution in [0.3, 0.4) is 0 Å². The number of nitriles is 1. The second kappa shape index (κ2) is 6.78. The predicted octanol–water partition coefficient (Wildman–Crippen LogP) is 2.69. The lowest BCUT2D eigenvalue weighted by Crippen LogP contribution is -2.21. The Labute approximate surface area is 127 Å². The normalized spacial score (nSPS) is 9.86. The van der Waals surface area contributed by atoms with Gasteiger partial charge in [0.05, 0.1) is 11.1 Å². The van der Waals surface area contributed by atoms with Crippen LogP contribution in [0.2, 0.25) is 0 Å². The van der Waals surface area contributed by atoms with Gasteiger partial charge in [-0.15, -0.1) is 11.3 Å². The van der Waals surface area contributed by atoms with E-state index in [0.717, 1.165) is 23.5 Å². The van der Waals surface area contributed by atoms with Crippen LogP contribution in [0.25, 0.3) is 0 Å². The van der Waals surface area contributed by atoms with Gasteiger partial charge >= 0.3 is 5.97 Å². The molecule has 112 valence electrons. The second-order valence-electron chi connectivity index (χ2n) is 4.02. The zero-order valence-electron chi connectivity index (χ0n) is 10.9. The maximum absolute atomic E-state index is 13.4. The molecule has 0 radical (unpaired) electrons. The lowest BCUT2D eigenvalue weighted by atomic mass is 10.2. The third kappa shape index (κ3) is 3.65. The van der Waals surface area contributed by atoms with Gasteiger partial charge in [0.2, 0.25) is 0 Å². The summed E-state index contributed by atoms with van der Waals surface area (Å²) in [7, 11) is 0. The Morgan fingerprint density at radius 3 is 2.77 bits per heavy atom. The summed E-state index contributed by atoms with van der Waals surface area (Å²) >= 11 is 1.14. The SMILES string of the molecule is N#Cc1ccsc1NC(=O)COC(=O)c1ccc(F)cc1F. The number of ether oxygens (including phenoxy) is 1. The average Bonchev–Trinajstić information content (AvgIpc) is 2.92. The molecule has 0 unspecified atom stereocenters. The molecule has 0 fully saturated rings. The molecule has 8 heteroatoms. The number of carbonyl (C=O) groups is 2. The molecule has 1 aromatic heterocycles. The highest BCUT2D eigenvalue weighted by Crippen LogP contribution is 2.21. The summed E-state index contributed by atoms with van der Waals surface area (Å²) in [6.45, 7) is -0.654. The van der Waals surface area contributed by atoms with Gasteiger partial charge in [-0.3, -0.25) is 4.79 Å². The van der Waals surface area contributed by atoms with Crippen LogP contribution < -0.4 is 5.32 Å². The van der Waals surface area contributed by atoms with Crippen molar-refractivity contribution in [2.24, 2.45) is 0 Å². The van der Waals surface area contributed by atoms with E-state index in [1.54, 1.807) is 5.38 Å². The Hall–Kier alpha value is -2.79. The zero-order chi connectivity index (χ0) is 16.1. The van der Waals surface area contributed by atoms with Crippen molar-refractivity contribution < 1.29 is 23.1 Å². The van der Waals surface area contributed by atoms with E-state index in [4.69, 9.17) is 5.26 Å². The van der Waals surface area contributed by atoms with Gasteiger partial charge in [0, 0.05) is 6.07 Å². The third-order valence-electron chi connectivity index (χ3n) is 2.52. The fraction of sp³-hybridized carbons (Fsp3) is 0.0714. The lowest BCUT2D eigenvalue weighted by molar-refractivity contribution is -0.119. The maximum Gasteiger partial charge on any atom is 0.341 e. The molecule has 1 aromatic carbocycles. The molecule has 0 saturated heterocycles. The van der Waals surface area contributed by atoms with Gasteiger partial charge in [-0.25, -0.2) is 13.6 Å². The first-order valence-corrected chi connectivity index (χ1v) is 6.79. The van der Waals surface area contributed by atoms with Crippen molar-refractivity contribution in [2.45, 2.75) is 0 Å². The van der Waals surface area contributed by atoms with Crippen LogP contribution in [0.1, 0.15) is 15.9 Å². The van der Waals surface area contributed by atoms with Gasteiger partial charge in [0.15, 0.2) is 6.61 Å². The van der Waals surface area contributed by atoms with E-state index in [2.05, 4.69) is 10.1 Å². The van der Waals surface area contributed by atoms with Crippen molar-refractivity contribution in [3.05, 3.63) is 52.4 Å². The first-order valence-electron chi connectivity index (χ1n) is 5.91. The molecule has 1 heterocycles. The molecule has 2 rings (SSSR count). The summed E-state index contributed by atoms with van der Waals surface area (Å²) in [5, 5.41) is 13.1. The highest BCUT2D eigenvalue weighted by atomic mass is 32.1. The quantitative estimate of drug-likeness (QED) is 0.878. The summed E-state index contributed by atoms with van der Waals surface area (Å²) in [4.78, 5) is 23.2. The Morgan fingerprint density at radius 1 is 1.32 bits per heavy atom. The van der Waals surface area contributed by atoms with E-state index in [-0.39, 0.29) is 5.56 Å². The standard InChI is InChI=1S/C14H8F2N2O3S/c15-9-1-2-10(11(16)5-9)14(20)21-7-12(19)18-13-8(6-17)3-4-22-13/h1-5H,7H2,(H,18,19). The molecule has 1 N–H and O–H groups in total. The number of rotatable bonds is 4. The van der Waals surface area contributed by atoms with Crippen LogP contribution >= 0.6 is 11.3 Å². The minimum Gasteiger partial charge on any atom is -0.452 e. The summed E-state index contributed by atoms with van der Waals surface area (Å²) < 4.78 is 30.7. The molecule has 5 nitrogen and oxygen atoms in total. The molecule has 22 heavy (non-hydrogen) atoms. The number of nitrogens with zero attached hydrogens (tertiary/aromatic N) is 1. The number of esters is 1. The molecule has 0 aliphatic carbocycles. The maximum atomic E-state index is 13.4. The topological polar surface area (TPSA) is 79.2 Å². The van der Waals surface area contributed by atoms with Crippen molar-refractivity contribution in [1.29, 1.82) is 5.26 Å². The fourth-order valence-corrected chi connectivity index (χ4v) is 2.27. The Kier molecular flexibility index (Phi) is 4.80. The zero-order valence-corrected chi connectivity index (χ0v) is 11.7. The summed E-state index contributed by atoms with van der Waals surface area (Å²) in [5.74, 6) is -3.65. The minimum atomic E-state index is -1.08. The number of hydrogen-bond acceptors (Lipinski definition) is 5. The largest absolute Gasteiger partial charge is 0.452 e. The number of anilines is 1. The first-order chi connectivity index (χ1) is 10.5. The van der Waals surface area contributed by atoms with E-state index in [1.807, 2.05) is 6.07 Å². The highest BCUT2D eigenvalue weighted by molar-refractivity contribution is 7.14. The van der Waals surface area contributed by atoms with Gasteiger partial charge in [0.25, 0.3) is 5.91 Å². The number of thiophene rings is 1. The smallest absolute Gasteiger partial charge is 0.341 e. The average molecular weight is 322 g/mol. The second-order valence-corrected chi connectivity index (χ2v) is 4.94. The van der Waals surface area contributed by atoms with Crippen LogP contribution in [0.4, 0.5) is 13.8 Å². The van der Waals surface area contributed by atoms with Crippen molar-refractivity contribution in [3.63, 3.8) is 0 Å². The number of amides is 1. The molecular formula is C14H8F2N2O3S. The van der Waals surface area contributed by atoms with Gasteiger partial charge in [0.1, 0.15) is 22.7 Å². The van der Waals surface area contributed by atoms with Gasteiger partial charge in [-0.2, -0.15) is 5.26 Å². The number of halogens is 2. The van der Waals surface area contributed by atoms with Crippen LogP contribution in [-0.4, -0.2) is 18.5 Å². The van der Waals surface area contributed by atoms with Crippen molar-refractivity contribution in [1.82, 2.24) is 0 Å². The van der Waals surface area contributed by atoms with Gasteiger partial charge < -0.3 is 10.1 Å². The Balaban J connectivity index is 1.94. The predicted molar refractivity (Wildman–Crippen MR) is 74.3 cm³/mol. The molecule has 0 spiro atoms. The molecule has 0 bridgehead atoms. The lowest BCUT2D eigenvalue weighted by Gasteiger charge is -2.06. The summed E-state index contributed by atoms with van der Waals surface area (Å²) in [6, 6.07) is 5.79. The fourth-order valence-electron chi connectivity index (χ4n) is 1.52. The highest BCUT2D eigenvalue weighted by Gasteiger charge is 2.16. The molecule has 0 aliphatic rings. The van der Waals surface area contributed by atoms with E-state index in [9.17, 15) is 18.4 Å². The van der Waals surface area contributed by atoms with Gasteiger partial charge in [-0.1, -0.05) is 0 Å². The molecule has 0 atom stereocenters. The monoisotopic (exact) mass is 322 g/mol. The van der Waals surface area contributed by atoms with Crippen LogP contribution in [-0.2, 0) is 9.53 Å².